The normalized spacial score (nSPS) is 9.62. The van der Waals surface area contributed by atoms with E-state index in [1.807, 2.05) is 0 Å². The first-order valence-electron chi connectivity index (χ1n) is 4.20. The van der Waals surface area contributed by atoms with Crippen LogP contribution in [0.3, 0.4) is 0 Å². The van der Waals surface area contributed by atoms with Crippen LogP contribution in [0.25, 0.3) is 0 Å². The van der Waals surface area contributed by atoms with Gasteiger partial charge in [-0.15, -0.1) is 0 Å². The summed E-state index contributed by atoms with van der Waals surface area (Å²) >= 11 is 11.4. The van der Waals surface area contributed by atoms with Crippen molar-refractivity contribution in [3.8, 4) is 0 Å². The summed E-state index contributed by atoms with van der Waals surface area (Å²) in [6, 6.07) is 3.87. The van der Waals surface area contributed by atoms with Gasteiger partial charge in [0.1, 0.15) is 6.54 Å². The average Bonchev–Trinajstić information content (AvgIpc) is 2.12. The molecule has 2 amide bonds. The molecule has 0 saturated carbocycles. The highest BCUT2D eigenvalue weighted by Crippen LogP contribution is 2.22. The summed E-state index contributed by atoms with van der Waals surface area (Å²) in [7, 11) is 0. The number of carboxylic acid groups (broad SMARTS) is 1. The Hall–Kier alpha value is -1.46. The van der Waals surface area contributed by atoms with Crippen molar-refractivity contribution in [2.75, 3.05) is 11.9 Å². The highest BCUT2D eigenvalue weighted by Gasteiger charge is 2.05. The summed E-state index contributed by atoms with van der Waals surface area (Å²) in [5.74, 6) is -1.13. The van der Waals surface area contributed by atoms with Crippen molar-refractivity contribution in [3.05, 3.63) is 28.2 Å². The standard InChI is InChI=1S/C9H8Cl2N2O3/c10-5-1-6(11)3-7(2-5)13-9(16)12-4-8(14)15/h1-3H,4H2,(H,14,15)(H2,12,13,16). The van der Waals surface area contributed by atoms with Crippen LogP contribution in [0.5, 0.6) is 0 Å². The lowest BCUT2D eigenvalue weighted by Gasteiger charge is -2.06. The third kappa shape index (κ3) is 4.37. The van der Waals surface area contributed by atoms with E-state index in [0.717, 1.165) is 0 Å². The van der Waals surface area contributed by atoms with E-state index in [-0.39, 0.29) is 0 Å². The summed E-state index contributed by atoms with van der Waals surface area (Å²) in [6.07, 6.45) is 0. The molecule has 0 radical (unpaired) electrons. The van der Waals surface area contributed by atoms with Gasteiger partial charge in [0.05, 0.1) is 0 Å². The minimum absolute atomic E-state index is 0.376. The number of benzene rings is 1. The second kappa shape index (κ2) is 5.58. The number of rotatable bonds is 3. The molecule has 1 aromatic rings. The lowest BCUT2D eigenvalue weighted by atomic mass is 10.3. The fourth-order valence-corrected chi connectivity index (χ4v) is 1.48. The fraction of sp³-hybridized carbons (Fsp3) is 0.111. The van der Waals surface area contributed by atoms with E-state index < -0.39 is 18.5 Å². The number of nitrogens with one attached hydrogen (secondary N) is 2. The third-order valence-electron chi connectivity index (χ3n) is 1.52. The fourth-order valence-electron chi connectivity index (χ4n) is 0.957. The predicted octanol–water partition coefficient (Wildman–Crippen LogP) is 2.20. The number of carbonyl (C=O) groups is 2. The highest BCUT2D eigenvalue weighted by atomic mass is 35.5. The molecule has 16 heavy (non-hydrogen) atoms. The largest absolute Gasteiger partial charge is 0.480 e. The van der Waals surface area contributed by atoms with E-state index in [1.165, 1.54) is 18.2 Å². The van der Waals surface area contributed by atoms with Crippen LogP contribution < -0.4 is 10.6 Å². The number of carbonyl (C=O) groups excluding carboxylic acids is 1. The lowest BCUT2D eigenvalue weighted by molar-refractivity contribution is -0.135. The minimum Gasteiger partial charge on any atom is -0.480 e. The molecule has 1 aromatic carbocycles. The molecule has 0 atom stereocenters. The molecular weight excluding hydrogens is 255 g/mol. The van der Waals surface area contributed by atoms with E-state index in [1.54, 1.807) is 0 Å². The molecular formula is C9H8Cl2N2O3. The van der Waals surface area contributed by atoms with Gasteiger partial charge >= 0.3 is 12.0 Å². The van der Waals surface area contributed by atoms with Gasteiger partial charge in [-0.25, -0.2) is 4.79 Å². The smallest absolute Gasteiger partial charge is 0.323 e. The zero-order valence-corrected chi connectivity index (χ0v) is 9.47. The van der Waals surface area contributed by atoms with Gasteiger partial charge in [0.2, 0.25) is 0 Å². The first kappa shape index (κ1) is 12.6. The van der Waals surface area contributed by atoms with Gasteiger partial charge in [0.15, 0.2) is 0 Å². The molecule has 0 aliphatic heterocycles. The zero-order chi connectivity index (χ0) is 12.1. The molecule has 0 aliphatic carbocycles. The Balaban J connectivity index is 2.59. The maximum Gasteiger partial charge on any atom is 0.323 e. The Bertz CT molecular complexity index is 403. The SMILES string of the molecule is O=C(O)CNC(=O)Nc1cc(Cl)cc(Cl)c1. The van der Waals surface area contributed by atoms with Crippen LogP contribution in [0.15, 0.2) is 18.2 Å². The van der Waals surface area contributed by atoms with Crippen LogP contribution in [0, 0.1) is 0 Å². The summed E-state index contributed by atoms with van der Waals surface area (Å²) in [6.45, 7) is -0.458. The number of carboxylic acids is 1. The van der Waals surface area contributed by atoms with Crippen molar-refractivity contribution in [1.29, 1.82) is 0 Å². The highest BCUT2D eigenvalue weighted by molar-refractivity contribution is 6.35. The van der Waals surface area contributed by atoms with Crippen molar-refractivity contribution in [2.24, 2.45) is 0 Å². The van der Waals surface area contributed by atoms with Crippen molar-refractivity contribution in [1.82, 2.24) is 5.32 Å². The Labute approximate surface area is 101 Å². The second-order valence-electron chi connectivity index (χ2n) is 2.86. The van der Waals surface area contributed by atoms with E-state index in [0.29, 0.717) is 15.7 Å². The van der Waals surface area contributed by atoms with Gasteiger partial charge in [0.25, 0.3) is 0 Å². The van der Waals surface area contributed by atoms with Gasteiger partial charge in [-0.1, -0.05) is 23.2 Å². The topological polar surface area (TPSA) is 78.4 Å². The van der Waals surface area contributed by atoms with Crippen molar-refractivity contribution in [2.45, 2.75) is 0 Å². The molecule has 7 heteroatoms. The molecule has 0 spiro atoms. The number of amides is 2. The number of halogens is 2. The van der Waals surface area contributed by atoms with Crippen molar-refractivity contribution < 1.29 is 14.7 Å². The van der Waals surface area contributed by atoms with Crippen LogP contribution >= 0.6 is 23.2 Å². The van der Waals surface area contributed by atoms with Gasteiger partial charge in [0, 0.05) is 15.7 Å². The third-order valence-corrected chi connectivity index (χ3v) is 1.96. The van der Waals surface area contributed by atoms with Gasteiger partial charge in [-0.05, 0) is 18.2 Å². The molecule has 1 rings (SSSR count). The molecule has 0 unspecified atom stereocenters. The van der Waals surface area contributed by atoms with E-state index in [9.17, 15) is 9.59 Å². The quantitative estimate of drug-likeness (QED) is 0.782. The molecule has 0 aliphatic rings. The second-order valence-corrected chi connectivity index (χ2v) is 3.73. The van der Waals surface area contributed by atoms with Gasteiger partial charge in [-0.2, -0.15) is 0 Å². The molecule has 0 bridgehead atoms. The summed E-state index contributed by atoms with van der Waals surface area (Å²) in [5.41, 5.74) is 0.389. The monoisotopic (exact) mass is 262 g/mol. The van der Waals surface area contributed by atoms with Gasteiger partial charge in [-0.3, -0.25) is 4.79 Å². The van der Waals surface area contributed by atoms with Gasteiger partial charge < -0.3 is 15.7 Å². The van der Waals surface area contributed by atoms with Crippen molar-refractivity contribution >= 4 is 40.9 Å². The first-order chi connectivity index (χ1) is 7.47. The lowest BCUT2D eigenvalue weighted by Crippen LogP contribution is -2.33. The maximum atomic E-state index is 11.2. The molecule has 0 saturated heterocycles. The van der Waals surface area contributed by atoms with Crippen molar-refractivity contribution in [3.63, 3.8) is 0 Å². The van der Waals surface area contributed by atoms with E-state index in [2.05, 4.69) is 10.6 Å². The van der Waals surface area contributed by atoms with Crippen LogP contribution in [-0.2, 0) is 4.79 Å². The molecule has 0 aromatic heterocycles. The predicted molar refractivity (Wildman–Crippen MR) is 61.1 cm³/mol. The van der Waals surface area contributed by atoms with Crippen LogP contribution in [0.1, 0.15) is 0 Å². The number of anilines is 1. The maximum absolute atomic E-state index is 11.2. The Kier molecular flexibility index (Phi) is 4.39. The summed E-state index contributed by atoms with van der Waals surface area (Å²) in [5, 5.41) is 13.6. The number of aliphatic carboxylic acids is 1. The first-order valence-corrected chi connectivity index (χ1v) is 4.95. The Morgan fingerprint density at radius 2 is 1.75 bits per heavy atom. The molecule has 5 nitrogen and oxygen atoms in total. The number of urea groups is 1. The Morgan fingerprint density at radius 3 is 2.25 bits per heavy atom. The Morgan fingerprint density at radius 1 is 1.19 bits per heavy atom. The molecule has 86 valence electrons. The van der Waals surface area contributed by atoms with Crippen LogP contribution in [0.2, 0.25) is 10.0 Å². The van der Waals surface area contributed by atoms with E-state index in [4.69, 9.17) is 28.3 Å². The van der Waals surface area contributed by atoms with Crippen LogP contribution in [0.4, 0.5) is 10.5 Å². The summed E-state index contributed by atoms with van der Waals surface area (Å²) < 4.78 is 0. The molecule has 3 N–H and O–H groups in total. The molecule has 0 fully saturated rings. The molecule has 0 heterocycles. The number of hydrogen-bond donors (Lipinski definition) is 3. The zero-order valence-electron chi connectivity index (χ0n) is 7.96. The minimum atomic E-state index is -1.13. The summed E-state index contributed by atoms with van der Waals surface area (Å²) in [4.78, 5) is 21.3. The van der Waals surface area contributed by atoms with Crippen LogP contribution in [-0.4, -0.2) is 23.7 Å². The van der Waals surface area contributed by atoms with E-state index >= 15 is 0 Å². The average molecular weight is 263 g/mol. The number of hydrogen-bond acceptors (Lipinski definition) is 2.